The van der Waals surface area contributed by atoms with Crippen LogP contribution in [-0.4, -0.2) is 81.0 Å². The first-order valence-corrected chi connectivity index (χ1v) is 15.8. The molecule has 1 amide bonds. The van der Waals surface area contributed by atoms with Gasteiger partial charge in [-0.05, 0) is 61.7 Å². The predicted molar refractivity (Wildman–Crippen MR) is 151 cm³/mol. The molecule has 1 aliphatic carbocycles. The summed E-state index contributed by atoms with van der Waals surface area (Å²) in [6, 6.07) is 10.6. The Hall–Kier alpha value is -2.44. The number of hydrogen-bond donors (Lipinski definition) is 0. The Kier molecular flexibility index (Phi) is 8.92. The van der Waals surface area contributed by atoms with Gasteiger partial charge in [-0.1, -0.05) is 30.6 Å². The van der Waals surface area contributed by atoms with E-state index in [4.69, 9.17) is 4.74 Å². The van der Waals surface area contributed by atoms with Crippen LogP contribution in [0.2, 0.25) is 0 Å². The topological polar surface area (TPSA) is 83.1 Å². The Balaban J connectivity index is 1.35. The molecule has 2 aliphatic rings. The number of morpholine rings is 1. The number of ether oxygens (including phenoxy) is 1. The van der Waals surface area contributed by atoms with E-state index >= 15 is 0 Å². The number of amides is 1. The molecule has 1 aromatic heterocycles. The van der Waals surface area contributed by atoms with Crippen molar-refractivity contribution in [3.05, 3.63) is 53.8 Å². The molecule has 11 heteroatoms. The summed E-state index contributed by atoms with van der Waals surface area (Å²) in [4.78, 5) is 22.5. The van der Waals surface area contributed by atoms with E-state index in [-0.39, 0.29) is 22.7 Å². The number of fused-ring (bicyclic) bond motifs is 1. The molecule has 0 bridgehead atoms. The second-order valence-electron chi connectivity index (χ2n) is 10.2. The lowest BCUT2D eigenvalue weighted by Crippen LogP contribution is -2.39. The summed E-state index contributed by atoms with van der Waals surface area (Å²) in [7, 11) is -2.01. The lowest BCUT2D eigenvalue weighted by molar-refractivity contribution is 0.0376. The van der Waals surface area contributed by atoms with Crippen LogP contribution in [0, 0.1) is 5.82 Å². The van der Waals surface area contributed by atoms with Crippen LogP contribution >= 0.6 is 11.3 Å². The second kappa shape index (κ2) is 12.4. The zero-order valence-corrected chi connectivity index (χ0v) is 23.9. The summed E-state index contributed by atoms with van der Waals surface area (Å²) in [5.74, 6) is -0.612. The standard InChI is InChI=1S/C28H35FN4O4S2/c1-31(23-6-3-2-4-7-23)39(35,36)24-11-8-21(9-12-24)27(34)33(15-5-14-32-16-18-37-19-17-32)28-30-25-13-10-22(29)20-26(25)38-28/h8-13,20,23H,2-7,14-19H2,1H3. The van der Waals surface area contributed by atoms with Crippen molar-refractivity contribution in [1.29, 1.82) is 0 Å². The highest BCUT2D eigenvalue weighted by atomic mass is 32.2. The number of hydrogen-bond acceptors (Lipinski definition) is 7. The lowest BCUT2D eigenvalue weighted by atomic mass is 9.96. The molecule has 1 saturated heterocycles. The maximum atomic E-state index is 13.8. The molecule has 2 fully saturated rings. The van der Waals surface area contributed by atoms with Gasteiger partial charge >= 0.3 is 0 Å². The monoisotopic (exact) mass is 574 g/mol. The molecule has 0 N–H and O–H groups in total. The van der Waals surface area contributed by atoms with Gasteiger partial charge in [-0.25, -0.2) is 17.8 Å². The number of sulfonamides is 1. The number of carbonyl (C=O) groups excluding carboxylic acids is 1. The van der Waals surface area contributed by atoms with E-state index in [1.54, 1.807) is 30.1 Å². The Morgan fingerprint density at radius 2 is 1.82 bits per heavy atom. The van der Waals surface area contributed by atoms with Gasteiger partial charge in [-0.2, -0.15) is 4.31 Å². The second-order valence-corrected chi connectivity index (χ2v) is 13.2. The minimum atomic E-state index is -3.65. The third-order valence-corrected chi connectivity index (χ3v) is 10.6. The Bertz CT molecular complexity index is 1380. The van der Waals surface area contributed by atoms with Crippen LogP contribution in [0.25, 0.3) is 10.2 Å². The molecule has 0 spiro atoms. The molecule has 39 heavy (non-hydrogen) atoms. The maximum absolute atomic E-state index is 13.8. The van der Waals surface area contributed by atoms with Gasteiger partial charge in [0.05, 0.1) is 28.3 Å². The number of rotatable bonds is 9. The SMILES string of the molecule is CN(C1CCCCC1)S(=O)(=O)c1ccc(C(=O)N(CCCN2CCOCC2)c2nc3ccc(F)cc3s2)cc1. The van der Waals surface area contributed by atoms with Crippen LogP contribution in [0.1, 0.15) is 48.9 Å². The zero-order chi connectivity index (χ0) is 27.4. The van der Waals surface area contributed by atoms with Crippen molar-refractivity contribution in [2.45, 2.75) is 49.5 Å². The molecule has 2 aromatic carbocycles. The summed E-state index contributed by atoms with van der Waals surface area (Å²) in [5.41, 5.74) is 1.01. The Labute approximate surface area is 233 Å². The predicted octanol–water partition coefficient (Wildman–Crippen LogP) is 4.76. The van der Waals surface area contributed by atoms with Crippen LogP contribution in [0.4, 0.5) is 9.52 Å². The Morgan fingerprint density at radius 1 is 1.10 bits per heavy atom. The van der Waals surface area contributed by atoms with Crippen molar-refractivity contribution >= 4 is 42.6 Å². The zero-order valence-electron chi connectivity index (χ0n) is 22.2. The van der Waals surface area contributed by atoms with Gasteiger partial charge in [0.15, 0.2) is 5.13 Å². The van der Waals surface area contributed by atoms with Crippen molar-refractivity contribution < 1.29 is 22.3 Å². The normalized spacial score (nSPS) is 17.6. The molecule has 0 unspecified atom stereocenters. The van der Waals surface area contributed by atoms with Gasteiger partial charge in [0, 0.05) is 44.8 Å². The highest BCUT2D eigenvalue weighted by Gasteiger charge is 2.29. The molecule has 0 radical (unpaired) electrons. The highest BCUT2D eigenvalue weighted by Crippen LogP contribution is 2.31. The first kappa shape index (κ1) is 28.1. The van der Waals surface area contributed by atoms with E-state index in [1.807, 2.05) is 0 Å². The molecule has 1 aliphatic heterocycles. The molecule has 8 nitrogen and oxygen atoms in total. The first-order chi connectivity index (χ1) is 18.8. The van der Waals surface area contributed by atoms with Crippen molar-refractivity contribution in [3.63, 3.8) is 0 Å². The van der Waals surface area contributed by atoms with Gasteiger partial charge in [0.2, 0.25) is 10.0 Å². The molecule has 1 saturated carbocycles. The van der Waals surface area contributed by atoms with E-state index in [2.05, 4.69) is 9.88 Å². The molecular formula is C28H35FN4O4S2. The van der Waals surface area contributed by atoms with Crippen LogP contribution in [0.15, 0.2) is 47.4 Å². The van der Waals surface area contributed by atoms with Crippen LogP contribution in [-0.2, 0) is 14.8 Å². The van der Waals surface area contributed by atoms with Crippen molar-refractivity contribution in [3.8, 4) is 0 Å². The summed E-state index contributed by atoms with van der Waals surface area (Å²) in [5, 5.41) is 0.497. The van der Waals surface area contributed by atoms with Crippen LogP contribution in [0.3, 0.4) is 0 Å². The average Bonchev–Trinajstić information content (AvgIpc) is 3.38. The maximum Gasteiger partial charge on any atom is 0.260 e. The van der Waals surface area contributed by atoms with E-state index in [0.29, 0.717) is 40.7 Å². The van der Waals surface area contributed by atoms with Gasteiger partial charge < -0.3 is 4.74 Å². The molecule has 0 atom stereocenters. The minimum absolute atomic E-state index is 0.0101. The van der Waals surface area contributed by atoms with Crippen molar-refractivity contribution in [2.24, 2.45) is 0 Å². The summed E-state index contributed by atoms with van der Waals surface area (Å²) in [6.07, 6.45) is 5.70. The third kappa shape index (κ3) is 6.49. The Morgan fingerprint density at radius 3 is 2.54 bits per heavy atom. The van der Waals surface area contributed by atoms with Crippen LogP contribution in [0.5, 0.6) is 0 Å². The fourth-order valence-electron chi connectivity index (χ4n) is 5.30. The minimum Gasteiger partial charge on any atom is -0.379 e. The number of aromatic nitrogens is 1. The first-order valence-electron chi connectivity index (χ1n) is 13.6. The number of anilines is 1. The number of benzene rings is 2. The lowest BCUT2D eigenvalue weighted by Gasteiger charge is -2.30. The largest absolute Gasteiger partial charge is 0.379 e. The van der Waals surface area contributed by atoms with Gasteiger partial charge in [-0.3, -0.25) is 14.6 Å². The van der Waals surface area contributed by atoms with Crippen molar-refractivity contribution in [1.82, 2.24) is 14.2 Å². The van der Waals surface area contributed by atoms with Crippen LogP contribution < -0.4 is 4.90 Å². The van der Waals surface area contributed by atoms with Gasteiger partial charge in [0.1, 0.15) is 5.82 Å². The quantitative estimate of drug-likeness (QED) is 0.367. The fourth-order valence-corrected chi connectivity index (χ4v) is 7.73. The van der Waals surface area contributed by atoms with E-state index in [0.717, 1.165) is 58.2 Å². The average molecular weight is 575 g/mol. The number of carbonyl (C=O) groups is 1. The molecule has 210 valence electrons. The van der Waals surface area contributed by atoms with Crippen molar-refractivity contribution in [2.75, 3.05) is 51.3 Å². The summed E-state index contributed by atoms with van der Waals surface area (Å²) < 4.78 is 47.9. The molecule has 5 rings (SSSR count). The van der Waals surface area contributed by atoms with Gasteiger partial charge in [-0.15, -0.1) is 0 Å². The molecule has 3 aromatic rings. The number of nitrogens with zero attached hydrogens (tertiary/aromatic N) is 4. The summed E-state index contributed by atoms with van der Waals surface area (Å²) >= 11 is 1.27. The van der Waals surface area contributed by atoms with E-state index in [1.165, 1.54) is 39.9 Å². The third-order valence-electron chi connectivity index (χ3n) is 7.64. The van der Waals surface area contributed by atoms with E-state index < -0.39 is 10.0 Å². The van der Waals surface area contributed by atoms with Gasteiger partial charge in [0.25, 0.3) is 5.91 Å². The molecular weight excluding hydrogens is 539 g/mol. The number of thiazole rings is 1. The number of halogens is 1. The molecule has 2 heterocycles. The smallest absolute Gasteiger partial charge is 0.260 e. The highest BCUT2D eigenvalue weighted by molar-refractivity contribution is 7.89. The van der Waals surface area contributed by atoms with E-state index in [9.17, 15) is 17.6 Å². The fraction of sp³-hybridized carbons (Fsp3) is 0.500. The summed E-state index contributed by atoms with van der Waals surface area (Å²) in [6.45, 7) is 4.38.